The zero-order valence-electron chi connectivity index (χ0n) is 8.13. The van der Waals surface area contributed by atoms with Crippen molar-refractivity contribution in [1.82, 2.24) is 20.4 Å². The average Bonchev–Trinajstić information content (AvgIpc) is 2.87. The summed E-state index contributed by atoms with van der Waals surface area (Å²) in [6.07, 6.45) is 4.75. The minimum atomic E-state index is 0.746. The van der Waals surface area contributed by atoms with E-state index >= 15 is 0 Å². The second-order valence-corrected chi connectivity index (χ2v) is 6.74. The Morgan fingerprint density at radius 3 is 1.67 bits per heavy atom. The quantitative estimate of drug-likeness (QED) is 0.799. The Labute approximate surface area is 104 Å². The molecule has 0 spiro atoms. The molecule has 4 nitrogen and oxygen atoms in total. The van der Waals surface area contributed by atoms with Crippen molar-refractivity contribution in [2.24, 2.45) is 0 Å². The molecule has 2 heterocycles. The summed E-state index contributed by atoms with van der Waals surface area (Å²) in [6.45, 7) is 0. The van der Waals surface area contributed by atoms with Crippen LogP contribution in [0.3, 0.4) is 0 Å². The fourth-order valence-electron chi connectivity index (χ4n) is 0.914. The van der Waals surface area contributed by atoms with Crippen LogP contribution in [0.2, 0.25) is 0 Å². The highest BCUT2D eigenvalue weighted by Gasteiger charge is 2.08. The van der Waals surface area contributed by atoms with E-state index in [-0.39, 0.29) is 0 Å². The summed E-state index contributed by atoms with van der Waals surface area (Å²) < 4.78 is 2.00. The van der Waals surface area contributed by atoms with Crippen molar-refractivity contribution < 1.29 is 0 Å². The SMILES string of the molecule is CSc1nnc(Cc2nnc(SC)s2)s1. The average molecular weight is 276 g/mol. The molecule has 80 valence electrons. The molecule has 0 bridgehead atoms. The van der Waals surface area contributed by atoms with Gasteiger partial charge in [0, 0.05) is 0 Å². The van der Waals surface area contributed by atoms with Gasteiger partial charge in [0.1, 0.15) is 10.0 Å². The van der Waals surface area contributed by atoms with E-state index < -0.39 is 0 Å². The first kappa shape index (κ1) is 11.3. The molecular weight excluding hydrogens is 268 g/mol. The van der Waals surface area contributed by atoms with Crippen LogP contribution in [0.15, 0.2) is 8.68 Å². The van der Waals surface area contributed by atoms with Gasteiger partial charge in [0.15, 0.2) is 8.68 Å². The standard InChI is InChI=1S/C7H8N4S4/c1-12-6-10-8-4(14-6)3-5-9-11-7(13-2)15-5/h3H2,1-2H3. The predicted octanol–water partition coefficient (Wildman–Crippen LogP) is 2.42. The first-order valence-electron chi connectivity index (χ1n) is 4.04. The predicted molar refractivity (Wildman–Crippen MR) is 66.2 cm³/mol. The van der Waals surface area contributed by atoms with Crippen LogP contribution < -0.4 is 0 Å². The topological polar surface area (TPSA) is 51.6 Å². The zero-order chi connectivity index (χ0) is 10.7. The molecule has 0 radical (unpaired) electrons. The lowest BCUT2D eigenvalue weighted by atomic mass is 10.5. The molecule has 0 saturated heterocycles. The number of thioether (sulfide) groups is 2. The third-order valence-corrected chi connectivity index (χ3v) is 5.35. The molecule has 0 fully saturated rings. The fraction of sp³-hybridized carbons (Fsp3) is 0.429. The van der Waals surface area contributed by atoms with Gasteiger partial charge in [0.25, 0.3) is 0 Å². The first-order valence-corrected chi connectivity index (χ1v) is 8.13. The van der Waals surface area contributed by atoms with Crippen molar-refractivity contribution in [2.75, 3.05) is 12.5 Å². The van der Waals surface area contributed by atoms with Gasteiger partial charge >= 0.3 is 0 Å². The van der Waals surface area contributed by atoms with Crippen LogP contribution >= 0.6 is 46.2 Å². The van der Waals surface area contributed by atoms with Crippen LogP contribution in [0.1, 0.15) is 10.0 Å². The third kappa shape index (κ3) is 2.90. The molecule has 0 unspecified atom stereocenters. The highest BCUT2D eigenvalue weighted by Crippen LogP contribution is 2.25. The third-order valence-electron chi connectivity index (χ3n) is 1.55. The maximum atomic E-state index is 4.10. The molecule has 8 heteroatoms. The summed E-state index contributed by atoms with van der Waals surface area (Å²) >= 11 is 6.47. The molecule has 2 aromatic heterocycles. The van der Waals surface area contributed by atoms with Gasteiger partial charge in [-0.1, -0.05) is 46.2 Å². The first-order chi connectivity index (χ1) is 7.31. The molecule has 0 saturated carbocycles. The Morgan fingerprint density at radius 1 is 0.867 bits per heavy atom. The second-order valence-electron chi connectivity index (χ2n) is 2.51. The van der Waals surface area contributed by atoms with E-state index in [1.807, 2.05) is 12.5 Å². The molecular formula is C7H8N4S4. The van der Waals surface area contributed by atoms with Crippen molar-refractivity contribution >= 4 is 46.2 Å². The number of rotatable bonds is 4. The van der Waals surface area contributed by atoms with E-state index in [1.54, 1.807) is 46.2 Å². The van der Waals surface area contributed by atoms with Crippen LogP contribution in [0.5, 0.6) is 0 Å². The van der Waals surface area contributed by atoms with E-state index in [4.69, 9.17) is 0 Å². The van der Waals surface area contributed by atoms with Crippen LogP contribution in [-0.4, -0.2) is 32.9 Å². The minimum Gasteiger partial charge on any atom is -0.142 e. The van der Waals surface area contributed by atoms with Gasteiger partial charge in [-0.25, -0.2) is 0 Å². The monoisotopic (exact) mass is 276 g/mol. The highest BCUT2D eigenvalue weighted by atomic mass is 32.2. The van der Waals surface area contributed by atoms with Crippen molar-refractivity contribution in [2.45, 2.75) is 15.1 Å². The molecule has 2 aromatic rings. The Bertz CT molecular complexity index is 397. The van der Waals surface area contributed by atoms with E-state index in [0.717, 1.165) is 25.1 Å². The molecule has 0 aliphatic rings. The number of aromatic nitrogens is 4. The van der Waals surface area contributed by atoms with Crippen molar-refractivity contribution in [3.05, 3.63) is 10.0 Å². The maximum absolute atomic E-state index is 4.10. The van der Waals surface area contributed by atoms with Crippen LogP contribution in [-0.2, 0) is 6.42 Å². The Morgan fingerprint density at radius 2 is 1.33 bits per heavy atom. The lowest BCUT2D eigenvalue weighted by Gasteiger charge is -1.86. The van der Waals surface area contributed by atoms with E-state index in [9.17, 15) is 0 Å². The minimum absolute atomic E-state index is 0.746. The molecule has 0 amide bonds. The normalized spacial score (nSPS) is 10.8. The Kier molecular flexibility index (Phi) is 3.95. The lowest BCUT2D eigenvalue weighted by molar-refractivity contribution is 0.921. The van der Waals surface area contributed by atoms with Crippen molar-refractivity contribution in [1.29, 1.82) is 0 Å². The Balaban J connectivity index is 2.07. The largest absolute Gasteiger partial charge is 0.174 e. The second kappa shape index (κ2) is 5.24. The maximum Gasteiger partial charge on any atom is 0.174 e. The van der Waals surface area contributed by atoms with E-state index in [1.165, 1.54) is 0 Å². The van der Waals surface area contributed by atoms with E-state index in [0.29, 0.717) is 0 Å². The lowest BCUT2D eigenvalue weighted by Crippen LogP contribution is -1.85. The van der Waals surface area contributed by atoms with Gasteiger partial charge in [-0.2, -0.15) is 0 Å². The Hall–Kier alpha value is -0.180. The molecule has 0 N–H and O–H groups in total. The van der Waals surface area contributed by atoms with Gasteiger partial charge in [-0.05, 0) is 12.5 Å². The summed E-state index contributed by atoms with van der Waals surface area (Å²) in [6, 6.07) is 0. The highest BCUT2D eigenvalue weighted by molar-refractivity contribution is 8.00. The van der Waals surface area contributed by atoms with Crippen molar-refractivity contribution in [3.8, 4) is 0 Å². The summed E-state index contributed by atoms with van der Waals surface area (Å²) in [5.74, 6) is 0. The van der Waals surface area contributed by atoms with Crippen LogP contribution in [0.4, 0.5) is 0 Å². The smallest absolute Gasteiger partial charge is 0.142 e. The number of hydrogen-bond acceptors (Lipinski definition) is 8. The number of hydrogen-bond donors (Lipinski definition) is 0. The molecule has 0 aromatic carbocycles. The van der Waals surface area contributed by atoms with Gasteiger partial charge in [0.2, 0.25) is 0 Å². The molecule has 0 aliphatic heterocycles. The van der Waals surface area contributed by atoms with Crippen LogP contribution in [0, 0.1) is 0 Å². The zero-order valence-corrected chi connectivity index (χ0v) is 11.4. The fourth-order valence-corrected chi connectivity index (χ4v) is 3.64. The summed E-state index contributed by atoms with van der Waals surface area (Å²) in [4.78, 5) is 0. The number of nitrogens with zero attached hydrogens (tertiary/aromatic N) is 4. The summed E-state index contributed by atoms with van der Waals surface area (Å²) in [5.41, 5.74) is 0. The van der Waals surface area contributed by atoms with Crippen molar-refractivity contribution in [3.63, 3.8) is 0 Å². The summed E-state index contributed by atoms with van der Waals surface area (Å²) in [5, 5.41) is 18.3. The summed E-state index contributed by atoms with van der Waals surface area (Å²) in [7, 11) is 0. The molecule has 0 aliphatic carbocycles. The van der Waals surface area contributed by atoms with E-state index in [2.05, 4.69) is 20.4 Å². The van der Waals surface area contributed by atoms with Gasteiger partial charge in [-0.15, -0.1) is 20.4 Å². The molecule has 0 atom stereocenters. The van der Waals surface area contributed by atoms with Gasteiger partial charge < -0.3 is 0 Å². The van der Waals surface area contributed by atoms with Gasteiger partial charge in [-0.3, -0.25) is 0 Å². The molecule has 2 rings (SSSR count). The van der Waals surface area contributed by atoms with Gasteiger partial charge in [0.05, 0.1) is 6.42 Å². The van der Waals surface area contributed by atoms with Crippen LogP contribution in [0.25, 0.3) is 0 Å². The molecule has 15 heavy (non-hydrogen) atoms.